The first-order chi connectivity index (χ1) is 14.9. The third-order valence-corrected chi connectivity index (χ3v) is 4.72. The number of carbonyl (C=O) groups excluding carboxylic acids is 4. The number of benzene rings is 1. The number of halogens is 1. The first-order valence-electron chi connectivity index (χ1n) is 9.42. The van der Waals surface area contributed by atoms with E-state index in [0.29, 0.717) is 29.5 Å². The molecule has 0 bridgehead atoms. The van der Waals surface area contributed by atoms with Gasteiger partial charge in [-0.3, -0.25) is 29.4 Å². The highest BCUT2D eigenvalue weighted by molar-refractivity contribution is 6.04. The predicted octanol–water partition coefficient (Wildman–Crippen LogP) is 1.26. The summed E-state index contributed by atoms with van der Waals surface area (Å²) in [7, 11) is 1.72. The van der Waals surface area contributed by atoms with E-state index in [4.69, 9.17) is 0 Å². The van der Waals surface area contributed by atoms with Crippen LogP contribution in [0.4, 0.5) is 10.1 Å². The molecule has 2 aromatic rings. The second-order valence-corrected chi connectivity index (χ2v) is 6.98. The minimum absolute atomic E-state index is 0.249. The Kier molecular flexibility index (Phi) is 6.85. The maximum Gasteiger partial charge on any atom is 0.300 e. The van der Waals surface area contributed by atoms with Crippen LogP contribution in [0.15, 0.2) is 36.5 Å². The van der Waals surface area contributed by atoms with Crippen molar-refractivity contribution in [2.75, 3.05) is 12.4 Å². The number of anilines is 1. The summed E-state index contributed by atoms with van der Waals surface area (Å²) >= 11 is 0. The number of carbonyl (C=O) groups is 4. The van der Waals surface area contributed by atoms with Gasteiger partial charge in [-0.05, 0) is 55.3 Å². The molecular formula is C22H19FN4O4. The molecule has 31 heavy (non-hydrogen) atoms. The van der Waals surface area contributed by atoms with Crippen molar-refractivity contribution < 1.29 is 23.6 Å². The van der Waals surface area contributed by atoms with Crippen LogP contribution >= 0.6 is 0 Å². The van der Waals surface area contributed by atoms with Gasteiger partial charge in [0.15, 0.2) is 0 Å². The minimum atomic E-state index is -0.602. The van der Waals surface area contributed by atoms with Crippen LogP contribution in [0.1, 0.15) is 34.5 Å². The molecule has 0 aliphatic carbocycles. The third-order valence-electron chi connectivity index (χ3n) is 4.72. The molecule has 1 unspecified atom stereocenters. The minimum Gasteiger partial charge on any atom is -0.315 e. The molecule has 2 heterocycles. The maximum atomic E-state index is 12.9. The number of likely N-dealkylation sites (N-methyl/N-ethyl adjacent to an activating group) is 1. The number of aldehydes is 1. The van der Waals surface area contributed by atoms with Crippen LogP contribution in [0.25, 0.3) is 0 Å². The third kappa shape index (κ3) is 5.81. The Morgan fingerprint density at radius 3 is 2.84 bits per heavy atom. The number of pyridine rings is 1. The fraction of sp³-hybridized carbons (Fsp3) is 0.227. The smallest absolute Gasteiger partial charge is 0.300 e. The first-order valence-corrected chi connectivity index (χ1v) is 9.42. The van der Waals surface area contributed by atoms with Gasteiger partial charge in [-0.15, -0.1) is 0 Å². The van der Waals surface area contributed by atoms with E-state index in [2.05, 4.69) is 27.5 Å². The van der Waals surface area contributed by atoms with E-state index in [1.165, 1.54) is 12.1 Å². The first kappa shape index (κ1) is 21.8. The molecule has 1 aliphatic heterocycles. The summed E-state index contributed by atoms with van der Waals surface area (Å²) in [6.45, 7) is 0.259. The molecule has 3 amide bonds. The zero-order valence-corrected chi connectivity index (χ0v) is 16.6. The summed E-state index contributed by atoms with van der Waals surface area (Å²) in [5.41, 5.74) is 1.69. The molecule has 8 nitrogen and oxygen atoms in total. The van der Waals surface area contributed by atoms with Crippen molar-refractivity contribution in [3.05, 3.63) is 59.2 Å². The molecule has 158 valence electrons. The van der Waals surface area contributed by atoms with Crippen LogP contribution in [-0.4, -0.2) is 47.0 Å². The molecule has 2 N–H and O–H groups in total. The van der Waals surface area contributed by atoms with E-state index in [-0.39, 0.29) is 30.5 Å². The number of hydrogen-bond acceptors (Lipinski definition) is 6. The zero-order chi connectivity index (χ0) is 22.4. The molecule has 1 fully saturated rings. The SMILES string of the molecule is CN(Cc1cc(NC(=O)C#Cc2ccc(F)cn2)ccc1C=O)C1CCC(=O)NC1=O. The molecule has 1 aromatic carbocycles. The molecule has 0 radical (unpaired) electrons. The molecule has 3 rings (SSSR count). The summed E-state index contributed by atoms with van der Waals surface area (Å²) in [6, 6.07) is 6.81. The monoisotopic (exact) mass is 422 g/mol. The fourth-order valence-electron chi connectivity index (χ4n) is 3.15. The summed E-state index contributed by atoms with van der Waals surface area (Å²) in [6.07, 6.45) is 2.34. The van der Waals surface area contributed by atoms with Crippen LogP contribution in [0.3, 0.4) is 0 Å². The molecular weight excluding hydrogens is 403 g/mol. The number of hydrogen-bond donors (Lipinski definition) is 2. The standard InChI is InChI=1S/C22H19FN4O4/c1-27(19-7-9-21(30)26-22(19)31)12-15-10-18(4-2-14(15)13-28)25-20(29)8-6-17-5-3-16(23)11-24-17/h2-5,10-11,13,19H,7,9,12H2,1H3,(H,25,29)(H,26,30,31). The second kappa shape index (κ2) is 9.73. The van der Waals surface area contributed by atoms with Crippen LogP contribution in [0.2, 0.25) is 0 Å². The van der Waals surface area contributed by atoms with E-state index < -0.39 is 17.8 Å². The van der Waals surface area contributed by atoms with Crippen LogP contribution in [0, 0.1) is 17.7 Å². The highest BCUT2D eigenvalue weighted by Crippen LogP contribution is 2.19. The van der Waals surface area contributed by atoms with Gasteiger partial charge < -0.3 is 5.32 Å². The summed E-state index contributed by atoms with van der Waals surface area (Å²) in [5.74, 6) is 3.13. The van der Waals surface area contributed by atoms with Gasteiger partial charge >= 0.3 is 5.91 Å². The lowest BCUT2D eigenvalue weighted by Gasteiger charge is -2.30. The van der Waals surface area contributed by atoms with Gasteiger partial charge in [-0.25, -0.2) is 9.37 Å². The molecule has 1 aliphatic rings. The Hall–Kier alpha value is -3.90. The number of aromatic nitrogens is 1. The number of nitrogens with zero attached hydrogens (tertiary/aromatic N) is 2. The number of piperidine rings is 1. The van der Waals surface area contributed by atoms with E-state index in [1.54, 1.807) is 30.1 Å². The predicted molar refractivity (Wildman–Crippen MR) is 109 cm³/mol. The molecule has 9 heteroatoms. The highest BCUT2D eigenvalue weighted by Gasteiger charge is 2.30. The molecule has 1 saturated heterocycles. The Balaban J connectivity index is 1.70. The van der Waals surface area contributed by atoms with Crippen molar-refractivity contribution >= 4 is 29.7 Å². The van der Waals surface area contributed by atoms with Crippen LogP contribution < -0.4 is 10.6 Å². The molecule has 0 spiro atoms. The molecule has 0 saturated carbocycles. The number of rotatable bonds is 5. The van der Waals surface area contributed by atoms with Gasteiger partial charge in [-0.1, -0.05) is 0 Å². The summed E-state index contributed by atoms with van der Waals surface area (Å²) < 4.78 is 12.9. The lowest BCUT2D eigenvalue weighted by atomic mass is 10.0. The fourth-order valence-corrected chi connectivity index (χ4v) is 3.15. The number of amides is 3. The van der Waals surface area contributed by atoms with Gasteiger partial charge in [0.05, 0.1) is 12.2 Å². The lowest BCUT2D eigenvalue weighted by Crippen LogP contribution is -2.51. The van der Waals surface area contributed by atoms with Gasteiger partial charge in [-0.2, -0.15) is 0 Å². The topological polar surface area (TPSA) is 108 Å². The Morgan fingerprint density at radius 1 is 1.35 bits per heavy atom. The summed E-state index contributed by atoms with van der Waals surface area (Å²) in [4.78, 5) is 52.4. The maximum absolute atomic E-state index is 12.9. The largest absolute Gasteiger partial charge is 0.315 e. The Bertz CT molecular complexity index is 1090. The van der Waals surface area contributed by atoms with E-state index in [1.807, 2.05) is 0 Å². The zero-order valence-electron chi connectivity index (χ0n) is 16.6. The molecule has 1 atom stereocenters. The van der Waals surface area contributed by atoms with Gasteiger partial charge in [0.1, 0.15) is 17.8 Å². The second-order valence-electron chi connectivity index (χ2n) is 6.98. The van der Waals surface area contributed by atoms with E-state index >= 15 is 0 Å². The van der Waals surface area contributed by atoms with Crippen molar-refractivity contribution in [1.29, 1.82) is 0 Å². The van der Waals surface area contributed by atoms with E-state index in [0.717, 1.165) is 6.20 Å². The average Bonchev–Trinajstić information content (AvgIpc) is 2.73. The van der Waals surface area contributed by atoms with Crippen molar-refractivity contribution in [2.45, 2.75) is 25.4 Å². The van der Waals surface area contributed by atoms with Crippen molar-refractivity contribution in [1.82, 2.24) is 15.2 Å². The Labute approximate surface area is 177 Å². The Morgan fingerprint density at radius 2 is 2.16 bits per heavy atom. The van der Waals surface area contributed by atoms with Gasteiger partial charge in [0.25, 0.3) is 0 Å². The number of imide groups is 1. The lowest BCUT2D eigenvalue weighted by molar-refractivity contribution is -0.137. The average molecular weight is 422 g/mol. The van der Waals surface area contributed by atoms with Crippen LogP contribution in [0.5, 0.6) is 0 Å². The van der Waals surface area contributed by atoms with Crippen molar-refractivity contribution in [3.8, 4) is 11.8 Å². The molecule has 1 aromatic heterocycles. The van der Waals surface area contributed by atoms with Gasteiger partial charge in [0, 0.05) is 30.1 Å². The van der Waals surface area contributed by atoms with Crippen molar-refractivity contribution in [3.63, 3.8) is 0 Å². The summed E-state index contributed by atoms with van der Waals surface area (Å²) in [5, 5.41) is 4.92. The van der Waals surface area contributed by atoms with Gasteiger partial charge in [0.2, 0.25) is 11.8 Å². The van der Waals surface area contributed by atoms with E-state index in [9.17, 15) is 23.6 Å². The highest BCUT2D eigenvalue weighted by atomic mass is 19.1. The normalized spacial score (nSPS) is 15.6. The van der Waals surface area contributed by atoms with Crippen molar-refractivity contribution in [2.24, 2.45) is 0 Å². The quantitative estimate of drug-likeness (QED) is 0.427. The number of nitrogens with one attached hydrogen (secondary N) is 2. The van der Waals surface area contributed by atoms with Crippen LogP contribution in [-0.2, 0) is 20.9 Å².